The Morgan fingerprint density at radius 1 is 1.58 bits per heavy atom. The maximum absolute atomic E-state index is 10.9. The van der Waals surface area contributed by atoms with Gasteiger partial charge in [-0.05, 0) is 19.8 Å². The van der Waals surface area contributed by atoms with E-state index in [4.69, 9.17) is 15.9 Å². The van der Waals surface area contributed by atoms with E-state index in [1.54, 1.807) is 13.1 Å². The van der Waals surface area contributed by atoms with Gasteiger partial charge in [-0.2, -0.15) is 0 Å². The number of hydrogen-bond acceptors (Lipinski definition) is 6. The van der Waals surface area contributed by atoms with E-state index in [-0.39, 0.29) is 6.42 Å². The van der Waals surface area contributed by atoms with Gasteiger partial charge in [0.2, 0.25) is 0 Å². The third-order valence-corrected chi connectivity index (χ3v) is 3.02. The molecule has 0 bridgehead atoms. The Kier molecular flexibility index (Phi) is 5.01. The Balaban J connectivity index is 2.61. The molecule has 0 spiro atoms. The number of aliphatic hydroxyl groups excluding tert-OH is 3. The summed E-state index contributed by atoms with van der Waals surface area (Å²) in [5.41, 5.74) is 3.86. The van der Waals surface area contributed by atoms with Gasteiger partial charge in [-0.1, -0.05) is 0 Å². The molecule has 108 valence electrons. The van der Waals surface area contributed by atoms with Gasteiger partial charge in [0.25, 0.3) is 0 Å². The van der Waals surface area contributed by atoms with Crippen LogP contribution in [-0.2, 0) is 11.2 Å². The number of H-pyrrole nitrogens is 1. The number of aliphatic hydroxyl groups is 3. The van der Waals surface area contributed by atoms with E-state index in [9.17, 15) is 15.0 Å². The van der Waals surface area contributed by atoms with Crippen molar-refractivity contribution in [3.63, 3.8) is 0 Å². The summed E-state index contributed by atoms with van der Waals surface area (Å²) in [6, 6.07) is 0. The largest absolute Gasteiger partial charge is 0.480 e. The van der Waals surface area contributed by atoms with Crippen molar-refractivity contribution in [2.45, 2.75) is 37.5 Å². The number of carbonyl (C=O) groups is 1. The smallest absolute Gasteiger partial charge is 0.328 e. The minimum Gasteiger partial charge on any atom is -0.480 e. The number of nitrogens with one attached hydrogen (secondary N) is 1. The summed E-state index contributed by atoms with van der Waals surface area (Å²) >= 11 is 0. The lowest BCUT2D eigenvalue weighted by atomic mass is 9.88. The van der Waals surface area contributed by atoms with Gasteiger partial charge < -0.3 is 31.1 Å². The van der Waals surface area contributed by atoms with Crippen molar-refractivity contribution < 1.29 is 25.2 Å². The van der Waals surface area contributed by atoms with Gasteiger partial charge in [-0.15, -0.1) is 0 Å². The fourth-order valence-corrected chi connectivity index (χ4v) is 1.69. The van der Waals surface area contributed by atoms with Crippen LogP contribution in [-0.4, -0.2) is 60.7 Å². The summed E-state index contributed by atoms with van der Waals surface area (Å²) in [4.78, 5) is 17.8. The molecule has 0 amide bonds. The highest BCUT2D eigenvalue weighted by Gasteiger charge is 2.44. The van der Waals surface area contributed by atoms with Crippen LogP contribution in [0.3, 0.4) is 0 Å². The number of nitrogens with zero attached hydrogens (tertiary/aromatic N) is 1. The molecule has 7 N–H and O–H groups in total. The summed E-state index contributed by atoms with van der Waals surface area (Å²) in [7, 11) is 0. The monoisotopic (exact) mass is 273 g/mol. The van der Waals surface area contributed by atoms with E-state index in [0.29, 0.717) is 6.42 Å². The van der Waals surface area contributed by atoms with E-state index < -0.39 is 30.3 Å². The van der Waals surface area contributed by atoms with E-state index in [2.05, 4.69) is 9.97 Å². The third-order valence-electron chi connectivity index (χ3n) is 3.02. The molecule has 0 aromatic carbocycles. The standard InChI is InChI=1S/C11H19N3O5/c1-6-13-4-7(14-6)2-3-8(16)9(17)11(12,5-15)10(18)19/h4,8-9,15-17H,2-3,5,12H2,1H3,(H,13,14)(H,18,19). The zero-order valence-corrected chi connectivity index (χ0v) is 10.6. The predicted molar refractivity (Wildman–Crippen MR) is 65.3 cm³/mol. The highest BCUT2D eigenvalue weighted by atomic mass is 16.4. The van der Waals surface area contributed by atoms with E-state index in [0.717, 1.165) is 11.5 Å². The van der Waals surface area contributed by atoms with Crippen molar-refractivity contribution >= 4 is 5.97 Å². The van der Waals surface area contributed by atoms with Gasteiger partial charge >= 0.3 is 5.97 Å². The highest BCUT2D eigenvalue weighted by molar-refractivity contribution is 5.79. The first-order valence-corrected chi connectivity index (χ1v) is 5.81. The summed E-state index contributed by atoms with van der Waals surface area (Å²) < 4.78 is 0. The maximum atomic E-state index is 10.9. The molecule has 1 heterocycles. The Bertz CT molecular complexity index is 436. The molecule has 0 radical (unpaired) electrons. The van der Waals surface area contributed by atoms with Crippen molar-refractivity contribution in [1.29, 1.82) is 0 Å². The molecule has 1 aromatic heterocycles. The quantitative estimate of drug-likeness (QED) is 0.341. The lowest BCUT2D eigenvalue weighted by Crippen LogP contribution is -2.63. The Labute approximate surface area is 109 Å². The summed E-state index contributed by atoms with van der Waals surface area (Å²) in [5, 5.41) is 37.3. The molecule has 19 heavy (non-hydrogen) atoms. The molecule has 0 aliphatic rings. The molecule has 0 fully saturated rings. The predicted octanol–water partition coefficient (Wildman–Crippen LogP) is -1.85. The van der Waals surface area contributed by atoms with Gasteiger partial charge in [-0.25, -0.2) is 4.98 Å². The molecule has 3 atom stereocenters. The first kappa shape index (κ1) is 15.6. The SMILES string of the molecule is Cc1ncc(CCC(O)C(O)C(N)(CO)C(=O)O)[nH]1. The van der Waals surface area contributed by atoms with Crippen molar-refractivity contribution in [1.82, 2.24) is 9.97 Å². The minimum atomic E-state index is -2.27. The summed E-state index contributed by atoms with van der Waals surface area (Å²) in [6.45, 7) is 0.805. The van der Waals surface area contributed by atoms with Gasteiger partial charge in [0.1, 0.15) is 11.9 Å². The van der Waals surface area contributed by atoms with Gasteiger partial charge in [-0.3, -0.25) is 4.79 Å². The van der Waals surface area contributed by atoms with E-state index in [1.165, 1.54) is 0 Å². The molecular formula is C11H19N3O5. The zero-order valence-electron chi connectivity index (χ0n) is 10.6. The fourth-order valence-electron chi connectivity index (χ4n) is 1.69. The van der Waals surface area contributed by atoms with E-state index in [1.807, 2.05) is 0 Å². The van der Waals surface area contributed by atoms with Crippen LogP contribution in [0, 0.1) is 6.92 Å². The van der Waals surface area contributed by atoms with Crippen LogP contribution >= 0.6 is 0 Å². The molecule has 0 saturated heterocycles. The van der Waals surface area contributed by atoms with Crippen LogP contribution in [0.25, 0.3) is 0 Å². The fraction of sp³-hybridized carbons (Fsp3) is 0.636. The van der Waals surface area contributed by atoms with Crippen LogP contribution in [0.15, 0.2) is 6.20 Å². The molecule has 8 nitrogen and oxygen atoms in total. The number of carboxylic acid groups (broad SMARTS) is 1. The highest BCUT2D eigenvalue weighted by Crippen LogP contribution is 2.15. The normalized spacial score (nSPS) is 17.7. The number of imidazole rings is 1. The molecule has 1 rings (SSSR count). The third kappa shape index (κ3) is 3.51. The van der Waals surface area contributed by atoms with Crippen molar-refractivity contribution in [2.24, 2.45) is 5.73 Å². The first-order chi connectivity index (χ1) is 8.81. The van der Waals surface area contributed by atoms with Crippen molar-refractivity contribution in [3.8, 4) is 0 Å². The molecule has 0 aliphatic heterocycles. The number of hydrogen-bond donors (Lipinski definition) is 6. The number of aromatic nitrogens is 2. The lowest BCUT2D eigenvalue weighted by Gasteiger charge is -2.31. The second-order valence-electron chi connectivity index (χ2n) is 4.55. The van der Waals surface area contributed by atoms with Crippen LogP contribution < -0.4 is 5.73 Å². The van der Waals surface area contributed by atoms with Crippen LogP contribution in [0.2, 0.25) is 0 Å². The second kappa shape index (κ2) is 6.11. The number of nitrogens with two attached hydrogens (primary N) is 1. The summed E-state index contributed by atoms with van der Waals surface area (Å²) in [6.07, 6.45) is -1.07. The number of aliphatic carboxylic acids is 1. The Morgan fingerprint density at radius 3 is 2.63 bits per heavy atom. The summed E-state index contributed by atoms with van der Waals surface area (Å²) in [5.74, 6) is -0.849. The van der Waals surface area contributed by atoms with Gasteiger partial charge in [0.05, 0.1) is 12.7 Å². The zero-order chi connectivity index (χ0) is 14.6. The maximum Gasteiger partial charge on any atom is 0.328 e. The van der Waals surface area contributed by atoms with Crippen LogP contribution in [0.1, 0.15) is 17.9 Å². The molecule has 0 saturated carbocycles. The molecule has 1 aromatic rings. The van der Waals surface area contributed by atoms with Crippen molar-refractivity contribution in [3.05, 3.63) is 17.7 Å². The average Bonchev–Trinajstić information content (AvgIpc) is 2.79. The second-order valence-corrected chi connectivity index (χ2v) is 4.55. The van der Waals surface area contributed by atoms with E-state index >= 15 is 0 Å². The number of rotatable bonds is 7. The number of aromatic amines is 1. The lowest BCUT2D eigenvalue weighted by molar-refractivity contribution is -0.155. The van der Waals surface area contributed by atoms with Gasteiger partial charge in [0.15, 0.2) is 5.54 Å². The minimum absolute atomic E-state index is 0.0923. The molecular weight excluding hydrogens is 254 g/mol. The molecule has 8 heteroatoms. The average molecular weight is 273 g/mol. The Morgan fingerprint density at radius 2 is 2.21 bits per heavy atom. The first-order valence-electron chi connectivity index (χ1n) is 5.81. The molecule has 0 aliphatic carbocycles. The Hall–Kier alpha value is -1.48. The molecule has 3 unspecified atom stereocenters. The van der Waals surface area contributed by atoms with Gasteiger partial charge in [0, 0.05) is 11.9 Å². The topological polar surface area (TPSA) is 153 Å². The van der Waals surface area contributed by atoms with Crippen molar-refractivity contribution in [2.75, 3.05) is 6.61 Å². The van der Waals surface area contributed by atoms with Crippen LogP contribution in [0.4, 0.5) is 0 Å². The number of aryl methyl sites for hydroxylation is 2. The number of carboxylic acids is 1. The van der Waals surface area contributed by atoms with Crippen LogP contribution in [0.5, 0.6) is 0 Å².